The Kier molecular flexibility index (Phi) is 7.93. The molecule has 3 aromatic carbocycles. The average Bonchev–Trinajstić information content (AvgIpc) is 2.82. The van der Waals surface area contributed by atoms with E-state index in [9.17, 15) is 4.79 Å². The van der Waals surface area contributed by atoms with Crippen molar-refractivity contribution in [2.45, 2.75) is 32.4 Å². The van der Waals surface area contributed by atoms with Crippen LogP contribution in [-0.2, 0) is 13.0 Å². The van der Waals surface area contributed by atoms with Crippen molar-refractivity contribution < 1.29 is 19.0 Å². The molecule has 0 unspecified atom stereocenters. The summed E-state index contributed by atoms with van der Waals surface area (Å²) in [5.74, 6) is 1.98. The van der Waals surface area contributed by atoms with E-state index in [-0.39, 0.29) is 18.6 Å². The zero-order valence-corrected chi connectivity index (χ0v) is 18.3. The summed E-state index contributed by atoms with van der Waals surface area (Å²) in [6.07, 6.45) is 1.79. The zero-order chi connectivity index (χ0) is 22.1. The number of ether oxygens (including phenoxy) is 3. The summed E-state index contributed by atoms with van der Waals surface area (Å²) in [6.45, 7) is 2.30. The lowest BCUT2D eigenvalue weighted by Crippen LogP contribution is -2.33. The van der Waals surface area contributed by atoms with Crippen molar-refractivity contribution in [1.29, 1.82) is 0 Å². The van der Waals surface area contributed by atoms with Crippen molar-refractivity contribution in [1.82, 2.24) is 5.32 Å². The molecule has 0 aliphatic heterocycles. The third kappa shape index (κ3) is 6.51. The van der Waals surface area contributed by atoms with Crippen LogP contribution in [0.5, 0.6) is 17.2 Å². The molecule has 1 atom stereocenters. The van der Waals surface area contributed by atoms with Gasteiger partial charge in [0.05, 0.1) is 14.2 Å². The molecular weight excluding hydrogens is 390 g/mol. The van der Waals surface area contributed by atoms with E-state index in [4.69, 9.17) is 14.2 Å². The number of methoxy groups -OCH3 is 2. The molecule has 0 aliphatic rings. The van der Waals surface area contributed by atoms with Crippen LogP contribution in [0.1, 0.15) is 34.8 Å². The minimum atomic E-state index is -0.106. The summed E-state index contributed by atoms with van der Waals surface area (Å²) in [5, 5.41) is 3.08. The molecule has 0 saturated carbocycles. The first kappa shape index (κ1) is 22.2. The van der Waals surface area contributed by atoms with E-state index in [1.54, 1.807) is 26.4 Å². The van der Waals surface area contributed by atoms with E-state index >= 15 is 0 Å². The SMILES string of the molecule is COc1cccc(OCc2cc(C(=O)N[C@@H](C)CCc3ccccc3)ccc2OC)c1. The summed E-state index contributed by atoms with van der Waals surface area (Å²) in [5.41, 5.74) is 2.65. The van der Waals surface area contributed by atoms with Crippen LogP contribution in [0.15, 0.2) is 72.8 Å². The predicted octanol–water partition coefficient (Wildman–Crippen LogP) is 5.03. The maximum absolute atomic E-state index is 12.8. The van der Waals surface area contributed by atoms with Gasteiger partial charge in [0.15, 0.2) is 0 Å². The summed E-state index contributed by atoms with van der Waals surface area (Å²) < 4.78 is 16.6. The molecular formula is C26H29NO4. The van der Waals surface area contributed by atoms with Crippen molar-refractivity contribution in [3.8, 4) is 17.2 Å². The molecule has 5 nitrogen and oxygen atoms in total. The highest BCUT2D eigenvalue weighted by atomic mass is 16.5. The monoisotopic (exact) mass is 419 g/mol. The Hall–Kier alpha value is -3.47. The first-order valence-electron chi connectivity index (χ1n) is 10.4. The van der Waals surface area contributed by atoms with Crippen LogP contribution in [0.3, 0.4) is 0 Å². The number of benzene rings is 3. The fraction of sp³-hybridized carbons (Fsp3) is 0.269. The second kappa shape index (κ2) is 11.1. The summed E-state index contributed by atoms with van der Waals surface area (Å²) >= 11 is 0. The largest absolute Gasteiger partial charge is 0.497 e. The lowest BCUT2D eigenvalue weighted by Gasteiger charge is -2.16. The average molecular weight is 420 g/mol. The second-order valence-electron chi connectivity index (χ2n) is 7.39. The molecule has 0 aliphatic carbocycles. The molecule has 1 N–H and O–H groups in total. The molecule has 3 rings (SSSR count). The van der Waals surface area contributed by atoms with Crippen LogP contribution in [0.25, 0.3) is 0 Å². The Balaban J connectivity index is 1.62. The molecule has 0 saturated heterocycles. The highest BCUT2D eigenvalue weighted by Crippen LogP contribution is 2.24. The first-order valence-corrected chi connectivity index (χ1v) is 10.4. The van der Waals surface area contributed by atoms with Crippen molar-refractivity contribution in [2.75, 3.05) is 14.2 Å². The Bertz CT molecular complexity index is 988. The van der Waals surface area contributed by atoms with Gasteiger partial charge in [-0.15, -0.1) is 0 Å². The number of aryl methyl sites for hydroxylation is 1. The molecule has 0 aromatic heterocycles. The Morgan fingerprint density at radius 1 is 0.903 bits per heavy atom. The number of hydrogen-bond acceptors (Lipinski definition) is 4. The summed E-state index contributed by atoms with van der Waals surface area (Å²) in [7, 11) is 3.22. The first-order chi connectivity index (χ1) is 15.1. The van der Waals surface area contributed by atoms with Gasteiger partial charge in [-0.25, -0.2) is 0 Å². The van der Waals surface area contributed by atoms with Crippen molar-refractivity contribution in [3.05, 3.63) is 89.5 Å². The van der Waals surface area contributed by atoms with Crippen molar-refractivity contribution in [2.24, 2.45) is 0 Å². The quantitative estimate of drug-likeness (QED) is 0.501. The number of amides is 1. The van der Waals surface area contributed by atoms with Gasteiger partial charge in [0.1, 0.15) is 23.9 Å². The van der Waals surface area contributed by atoms with Crippen molar-refractivity contribution in [3.63, 3.8) is 0 Å². The number of carbonyl (C=O) groups is 1. The van der Waals surface area contributed by atoms with Gasteiger partial charge in [0.2, 0.25) is 0 Å². The molecule has 0 fully saturated rings. The Morgan fingerprint density at radius 3 is 2.42 bits per heavy atom. The molecule has 0 spiro atoms. The van der Waals surface area contributed by atoms with Gasteiger partial charge < -0.3 is 19.5 Å². The second-order valence-corrected chi connectivity index (χ2v) is 7.39. The van der Waals surface area contributed by atoms with E-state index in [1.165, 1.54) is 5.56 Å². The van der Waals surface area contributed by atoms with Gasteiger partial charge in [-0.3, -0.25) is 4.79 Å². The van der Waals surface area contributed by atoms with Gasteiger partial charge in [-0.1, -0.05) is 36.4 Å². The van der Waals surface area contributed by atoms with E-state index < -0.39 is 0 Å². The number of hydrogen-bond donors (Lipinski definition) is 1. The predicted molar refractivity (Wildman–Crippen MR) is 122 cm³/mol. The molecule has 0 bridgehead atoms. The maximum atomic E-state index is 12.8. The van der Waals surface area contributed by atoms with E-state index in [1.807, 2.05) is 55.5 Å². The smallest absolute Gasteiger partial charge is 0.251 e. The van der Waals surface area contributed by atoms with Gasteiger partial charge in [-0.05, 0) is 55.7 Å². The number of nitrogens with one attached hydrogen (secondary N) is 1. The van der Waals surface area contributed by atoms with Crippen LogP contribution in [-0.4, -0.2) is 26.2 Å². The molecule has 0 heterocycles. The Labute approximate surface area is 184 Å². The highest BCUT2D eigenvalue weighted by molar-refractivity contribution is 5.94. The minimum absolute atomic E-state index is 0.0614. The van der Waals surface area contributed by atoms with Crippen LogP contribution in [0.2, 0.25) is 0 Å². The molecule has 31 heavy (non-hydrogen) atoms. The maximum Gasteiger partial charge on any atom is 0.251 e. The topological polar surface area (TPSA) is 56.8 Å². The van der Waals surface area contributed by atoms with Gasteiger partial charge in [-0.2, -0.15) is 0 Å². The third-order valence-corrected chi connectivity index (χ3v) is 5.06. The van der Waals surface area contributed by atoms with Gasteiger partial charge in [0.25, 0.3) is 5.91 Å². The fourth-order valence-electron chi connectivity index (χ4n) is 3.29. The highest BCUT2D eigenvalue weighted by Gasteiger charge is 2.13. The van der Waals surface area contributed by atoms with Gasteiger partial charge >= 0.3 is 0 Å². The minimum Gasteiger partial charge on any atom is -0.497 e. The molecule has 162 valence electrons. The van der Waals surface area contributed by atoms with Crippen LogP contribution < -0.4 is 19.5 Å². The van der Waals surface area contributed by atoms with Crippen LogP contribution >= 0.6 is 0 Å². The molecule has 5 heteroatoms. The van der Waals surface area contributed by atoms with Gasteiger partial charge in [0, 0.05) is 23.2 Å². The van der Waals surface area contributed by atoms with E-state index in [0.717, 1.165) is 24.2 Å². The summed E-state index contributed by atoms with van der Waals surface area (Å²) in [4.78, 5) is 12.8. The fourth-order valence-corrected chi connectivity index (χ4v) is 3.29. The zero-order valence-electron chi connectivity index (χ0n) is 18.3. The summed E-state index contributed by atoms with van der Waals surface area (Å²) in [6, 6.07) is 23.1. The lowest BCUT2D eigenvalue weighted by molar-refractivity contribution is 0.0938. The van der Waals surface area contributed by atoms with Crippen LogP contribution in [0, 0.1) is 0 Å². The number of carbonyl (C=O) groups excluding carboxylic acids is 1. The van der Waals surface area contributed by atoms with Crippen molar-refractivity contribution >= 4 is 5.91 Å². The lowest BCUT2D eigenvalue weighted by atomic mass is 10.1. The molecule has 1 amide bonds. The number of rotatable bonds is 10. The normalized spacial score (nSPS) is 11.5. The molecule has 0 radical (unpaired) electrons. The van der Waals surface area contributed by atoms with E-state index in [0.29, 0.717) is 17.1 Å². The van der Waals surface area contributed by atoms with E-state index in [2.05, 4.69) is 17.4 Å². The Morgan fingerprint density at radius 2 is 1.68 bits per heavy atom. The molecule has 3 aromatic rings. The third-order valence-electron chi connectivity index (χ3n) is 5.06. The van der Waals surface area contributed by atoms with Crippen LogP contribution in [0.4, 0.5) is 0 Å². The standard InChI is InChI=1S/C26H29NO4/c1-19(12-13-20-8-5-4-6-9-20)27-26(28)21-14-15-25(30-3)22(16-21)18-31-24-11-7-10-23(17-24)29-2/h4-11,14-17,19H,12-13,18H2,1-3H3,(H,27,28)/t19-/m0/s1.